The molecule has 0 aliphatic rings. The normalized spacial score (nSPS) is 12.1. The first-order chi connectivity index (χ1) is 18.5. The molecule has 188 valence electrons. The molecule has 6 rings (SSSR count). The molecule has 0 saturated heterocycles. The van der Waals surface area contributed by atoms with Gasteiger partial charge in [-0.2, -0.15) is 0 Å². The van der Waals surface area contributed by atoms with Gasteiger partial charge in [0.1, 0.15) is 10.3 Å². The molecule has 9 heteroatoms. The van der Waals surface area contributed by atoms with Crippen molar-refractivity contribution in [1.29, 1.82) is 0 Å². The Morgan fingerprint density at radius 3 is 2.55 bits per heavy atom. The van der Waals surface area contributed by atoms with E-state index in [9.17, 15) is 4.79 Å². The van der Waals surface area contributed by atoms with E-state index in [0.29, 0.717) is 5.39 Å². The van der Waals surface area contributed by atoms with Crippen molar-refractivity contribution in [2.75, 3.05) is 12.4 Å². The first-order valence-corrected chi connectivity index (χ1v) is 12.9. The van der Waals surface area contributed by atoms with Gasteiger partial charge in [0, 0.05) is 35.5 Å². The largest absolute Gasteiger partial charge is 0.467 e. The smallest absolute Gasteiger partial charge is 0.316 e. The van der Waals surface area contributed by atoms with Gasteiger partial charge in [-0.25, -0.2) is 19.9 Å². The van der Waals surface area contributed by atoms with Gasteiger partial charge in [-0.05, 0) is 49.1 Å². The van der Waals surface area contributed by atoms with Gasteiger partial charge in [-0.15, -0.1) is 0 Å². The molecule has 2 aromatic carbocycles. The molecule has 0 aliphatic heterocycles. The molecule has 0 radical (unpaired) electrons. The lowest BCUT2D eigenvalue weighted by Crippen LogP contribution is -2.26. The summed E-state index contributed by atoms with van der Waals surface area (Å²) in [6.45, 7) is 4.02. The lowest BCUT2D eigenvalue weighted by atomic mass is 9.99. The number of nitrogens with one attached hydrogen (secondary N) is 1. The lowest BCUT2D eigenvalue weighted by Gasteiger charge is -2.22. The van der Waals surface area contributed by atoms with Gasteiger partial charge in [-0.3, -0.25) is 9.36 Å². The summed E-state index contributed by atoms with van der Waals surface area (Å²) in [5, 5.41) is 5.98. The van der Waals surface area contributed by atoms with Gasteiger partial charge in [0.15, 0.2) is 0 Å². The zero-order valence-corrected chi connectivity index (χ0v) is 21.9. The fourth-order valence-electron chi connectivity index (χ4n) is 4.71. The summed E-state index contributed by atoms with van der Waals surface area (Å²) < 4.78 is 6.89. The van der Waals surface area contributed by atoms with E-state index >= 15 is 0 Å². The number of thiazole rings is 1. The standard InChI is InChI=1S/C29H24N6O2S/c1-17(33-23-12-13-30-27-26(23)34-18(2)38-27)24-14-19-8-7-11-22(20-15-31-29(37-3)32-16-20)25(19)28(36)35(24)21-9-5-4-6-10-21/h4-17H,1-3H3,(H,30,33)/t17-/m0/s1. The summed E-state index contributed by atoms with van der Waals surface area (Å²) in [4.78, 5) is 32.8. The van der Waals surface area contributed by atoms with Crippen molar-refractivity contribution in [3.05, 3.63) is 100 Å². The van der Waals surface area contributed by atoms with Gasteiger partial charge in [0.05, 0.1) is 29.2 Å². The number of nitrogens with zero attached hydrogens (tertiary/aromatic N) is 5. The Bertz CT molecular complexity index is 1830. The molecule has 0 bridgehead atoms. The van der Waals surface area contributed by atoms with E-state index in [4.69, 9.17) is 4.74 Å². The molecule has 1 N–H and O–H groups in total. The number of hydrogen-bond acceptors (Lipinski definition) is 8. The molecule has 0 amide bonds. The summed E-state index contributed by atoms with van der Waals surface area (Å²) >= 11 is 1.56. The minimum Gasteiger partial charge on any atom is -0.467 e. The molecule has 0 saturated carbocycles. The fraction of sp³-hybridized carbons (Fsp3) is 0.138. The SMILES string of the molecule is COc1ncc(-c2cccc3cc([C@H](C)Nc4ccnc5sc(C)nc45)n(-c4ccccc4)c(=O)c23)cn1. The van der Waals surface area contributed by atoms with Crippen molar-refractivity contribution in [1.82, 2.24) is 24.5 Å². The summed E-state index contributed by atoms with van der Waals surface area (Å²) in [6.07, 6.45) is 5.13. The molecular formula is C29H24N6O2S. The highest BCUT2D eigenvalue weighted by Gasteiger charge is 2.20. The van der Waals surface area contributed by atoms with Crippen molar-refractivity contribution in [2.45, 2.75) is 19.9 Å². The molecule has 4 aromatic heterocycles. The molecule has 0 aliphatic carbocycles. The Hall–Kier alpha value is -4.63. The minimum absolute atomic E-state index is 0.117. The topological polar surface area (TPSA) is 94.8 Å². The van der Waals surface area contributed by atoms with Crippen LogP contribution in [0, 0.1) is 6.92 Å². The van der Waals surface area contributed by atoms with Gasteiger partial charge in [0.25, 0.3) is 5.56 Å². The van der Waals surface area contributed by atoms with Crippen LogP contribution in [0.1, 0.15) is 23.7 Å². The van der Waals surface area contributed by atoms with E-state index in [0.717, 1.165) is 48.9 Å². The number of methoxy groups -OCH3 is 1. The van der Waals surface area contributed by atoms with Crippen molar-refractivity contribution < 1.29 is 4.74 Å². The van der Waals surface area contributed by atoms with Crippen LogP contribution in [0.3, 0.4) is 0 Å². The van der Waals surface area contributed by atoms with Crippen LogP contribution < -0.4 is 15.6 Å². The number of rotatable bonds is 6. The number of aryl methyl sites for hydroxylation is 1. The van der Waals surface area contributed by atoms with Gasteiger partial charge >= 0.3 is 6.01 Å². The second kappa shape index (κ2) is 9.68. The highest BCUT2D eigenvalue weighted by molar-refractivity contribution is 7.18. The molecule has 4 heterocycles. The maximum atomic E-state index is 14.3. The Morgan fingerprint density at radius 1 is 1.00 bits per heavy atom. The zero-order chi connectivity index (χ0) is 26.2. The van der Waals surface area contributed by atoms with E-state index < -0.39 is 0 Å². The molecule has 8 nitrogen and oxygen atoms in total. The third kappa shape index (κ3) is 4.16. The van der Waals surface area contributed by atoms with Crippen LogP contribution in [0.15, 0.2) is 84.0 Å². The van der Waals surface area contributed by atoms with Crippen LogP contribution >= 0.6 is 11.3 Å². The van der Waals surface area contributed by atoms with Gasteiger partial charge in [0.2, 0.25) is 0 Å². The third-order valence-corrected chi connectivity index (χ3v) is 7.31. The molecule has 6 aromatic rings. The van der Waals surface area contributed by atoms with Crippen molar-refractivity contribution in [2.24, 2.45) is 0 Å². The van der Waals surface area contributed by atoms with E-state index in [-0.39, 0.29) is 17.6 Å². The molecule has 1 atom stereocenters. The van der Waals surface area contributed by atoms with Crippen LogP contribution in [0.5, 0.6) is 6.01 Å². The van der Waals surface area contributed by atoms with E-state index in [1.54, 1.807) is 34.5 Å². The average Bonchev–Trinajstić information content (AvgIpc) is 3.34. The number of fused-ring (bicyclic) bond motifs is 2. The quantitative estimate of drug-likeness (QED) is 0.290. The number of para-hydroxylation sites is 1. The van der Waals surface area contributed by atoms with Crippen molar-refractivity contribution in [3.63, 3.8) is 0 Å². The number of hydrogen-bond donors (Lipinski definition) is 1. The van der Waals surface area contributed by atoms with E-state index in [1.165, 1.54) is 7.11 Å². The van der Waals surface area contributed by atoms with Crippen molar-refractivity contribution >= 4 is 38.1 Å². The predicted molar refractivity (Wildman–Crippen MR) is 151 cm³/mol. The van der Waals surface area contributed by atoms with Gasteiger partial charge < -0.3 is 10.1 Å². The Labute approximate surface area is 222 Å². The number of pyridine rings is 2. The summed E-state index contributed by atoms with van der Waals surface area (Å²) in [5.74, 6) is 0. The average molecular weight is 521 g/mol. The molecule has 0 fully saturated rings. The number of ether oxygens (including phenoxy) is 1. The first-order valence-electron chi connectivity index (χ1n) is 12.1. The zero-order valence-electron chi connectivity index (χ0n) is 21.0. The Balaban J connectivity index is 1.55. The maximum absolute atomic E-state index is 14.3. The van der Waals surface area contributed by atoms with Crippen LogP contribution in [0.4, 0.5) is 5.69 Å². The van der Waals surface area contributed by atoms with Crippen LogP contribution in [0.2, 0.25) is 0 Å². The highest BCUT2D eigenvalue weighted by atomic mass is 32.1. The highest BCUT2D eigenvalue weighted by Crippen LogP contribution is 2.32. The van der Waals surface area contributed by atoms with Crippen LogP contribution in [-0.2, 0) is 0 Å². The summed E-state index contributed by atoms with van der Waals surface area (Å²) in [7, 11) is 1.52. The Kier molecular flexibility index (Phi) is 6.05. The maximum Gasteiger partial charge on any atom is 0.316 e. The van der Waals surface area contributed by atoms with Crippen LogP contribution in [-0.4, -0.2) is 31.6 Å². The first kappa shape index (κ1) is 23.7. The summed E-state index contributed by atoms with van der Waals surface area (Å²) in [5.41, 5.74) is 4.71. The number of aromatic nitrogens is 5. The molecule has 0 unspecified atom stereocenters. The molecule has 38 heavy (non-hydrogen) atoms. The number of anilines is 1. The summed E-state index contributed by atoms with van der Waals surface area (Å²) in [6, 6.07) is 19.6. The fourth-order valence-corrected chi connectivity index (χ4v) is 5.49. The molecule has 0 spiro atoms. The van der Waals surface area contributed by atoms with E-state index in [2.05, 4.69) is 31.3 Å². The predicted octanol–water partition coefficient (Wildman–Crippen LogP) is 5.94. The lowest BCUT2D eigenvalue weighted by molar-refractivity contribution is 0.380. The van der Waals surface area contributed by atoms with Crippen molar-refractivity contribution in [3.8, 4) is 22.8 Å². The third-order valence-electron chi connectivity index (χ3n) is 6.43. The minimum atomic E-state index is -0.215. The molecular weight excluding hydrogens is 496 g/mol. The second-order valence-corrected chi connectivity index (χ2v) is 10.1. The second-order valence-electron chi connectivity index (χ2n) is 8.88. The van der Waals surface area contributed by atoms with Gasteiger partial charge in [-0.1, -0.05) is 47.7 Å². The monoisotopic (exact) mass is 520 g/mol. The van der Waals surface area contributed by atoms with E-state index in [1.807, 2.05) is 68.4 Å². The number of benzene rings is 2. The van der Waals surface area contributed by atoms with Crippen LogP contribution in [0.25, 0.3) is 37.9 Å². The Morgan fingerprint density at radius 2 is 1.79 bits per heavy atom.